The number of halogens is 1. The molecule has 28 heavy (non-hydrogen) atoms. The molecule has 0 aliphatic rings. The van der Waals surface area contributed by atoms with Crippen LogP contribution in [-0.2, 0) is 22.6 Å². The van der Waals surface area contributed by atoms with Gasteiger partial charge >= 0.3 is 0 Å². The quantitative estimate of drug-likeness (QED) is 0.218. The van der Waals surface area contributed by atoms with Gasteiger partial charge in [-0.2, -0.15) is 9.68 Å². The van der Waals surface area contributed by atoms with Gasteiger partial charge in [0, 0.05) is 5.56 Å². The van der Waals surface area contributed by atoms with Gasteiger partial charge in [0.15, 0.2) is 6.54 Å². The number of benzene rings is 1. The first kappa shape index (κ1) is 27.4. The number of aryl methyl sites for hydroxylation is 1. The third kappa shape index (κ3) is 10.8. The van der Waals surface area contributed by atoms with Gasteiger partial charge in [-0.15, -0.1) is 0 Å². The van der Waals surface area contributed by atoms with E-state index in [-0.39, 0.29) is 17.2 Å². The second-order valence-corrected chi connectivity index (χ2v) is 7.61. The molecule has 1 aromatic rings. The van der Waals surface area contributed by atoms with Crippen molar-refractivity contribution in [2.45, 2.75) is 97.9 Å². The summed E-state index contributed by atoms with van der Waals surface area (Å²) in [5, 5.41) is 0. The summed E-state index contributed by atoms with van der Waals surface area (Å²) in [6.45, 7) is 8.97. The zero-order valence-corrected chi connectivity index (χ0v) is 19.6. The lowest BCUT2D eigenvalue weighted by Crippen LogP contribution is -3.00. The molecule has 0 saturated heterocycles. The number of nitrogens with zero attached hydrogens (tertiary/aromatic N) is 1. The number of hydrogen-bond acceptors (Lipinski definition) is 2. The molecule has 0 spiro atoms. The summed E-state index contributed by atoms with van der Waals surface area (Å²) in [6, 6.07) is 8.62. The number of rotatable bonds is 17. The molecule has 1 rings (SSSR count). The maximum Gasteiger partial charge on any atom is 0.168 e. The largest absolute Gasteiger partial charge is 1.00 e. The highest BCUT2D eigenvalue weighted by Gasteiger charge is 2.30. The standard InChI is InChI=1S/C24H44NO2.ClH/c1-5-8-9-10-11-12-13-14-15-18-21-27-25(7-3,26-4)22-24-20-17-16-19-23(24)6-2;/h16-17,19-20H,5-15,18,21-22H2,1-4H3;1H/q+1;/p-1. The van der Waals surface area contributed by atoms with Crippen LogP contribution in [-0.4, -0.2) is 25.1 Å². The van der Waals surface area contributed by atoms with Crippen LogP contribution in [0.4, 0.5) is 0 Å². The fourth-order valence-corrected chi connectivity index (χ4v) is 3.63. The molecule has 164 valence electrons. The number of quaternary nitrogens is 1. The Hall–Kier alpha value is -0.610. The summed E-state index contributed by atoms with van der Waals surface area (Å²) >= 11 is 0. The van der Waals surface area contributed by atoms with Crippen molar-refractivity contribution in [2.24, 2.45) is 0 Å². The van der Waals surface area contributed by atoms with E-state index in [2.05, 4.69) is 45.0 Å². The van der Waals surface area contributed by atoms with Gasteiger partial charge in [-0.25, -0.2) is 0 Å². The molecular formula is C24H44ClNO2. The number of unbranched alkanes of at least 4 members (excludes halogenated alkanes) is 9. The van der Waals surface area contributed by atoms with Gasteiger partial charge in [-0.1, -0.05) is 95.9 Å². The summed E-state index contributed by atoms with van der Waals surface area (Å²) in [5.74, 6) is 0. The molecule has 0 radical (unpaired) electrons. The summed E-state index contributed by atoms with van der Waals surface area (Å²) < 4.78 is 0. The van der Waals surface area contributed by atoms with Crippen molar-refractivity contribution in [3.63, 3.8) is 0 Å². The molecule has 3 nitrogen and oxygen atoms in total. The Kier molecular flexibility index (Phi) is 16.9. The second kappa shape index (κ2) is 17.3. The summed E-state index contributed by atoms with van der Waals surface area (Å²) in [7, 11) is 1.76. The molecule has 0 fully saturated rings. The van der Waals surface area contributed by atoms with E-state index in [0.29, 0.717) is 0 Å². The van der Waals surface area contributed by atoms with E-state index in [1.807, 2.05) is 0 Å². The predicted molar refractivity (Wildman–Crippen MR) is 115 cm³/mol. The normalized spacial score (nSPS) is 13.1. The van der Waals surface area contributed by atoms with Crippen molar-refractivity contribution in [1.29, 1.82) is 0 Å². The molecule has 0 aromatic heterocycles. The third-order valence-electron chi connectivity index (χ3n) is 5.55. The molecular weight excluding hydrogens is 370 g/mol. The van der Waals surface area contributed by atoms with Crippen LogP contribution in [0, 0.1) is 0 Å². The Morgan fingerprint density at radius 2 is 1.29 bits per heavy atom. The van der Waals surface area contributed by atoms with E-state index in [4.69, 9.17) is 9.68 Å². The Morgan fingerprint density at radius 1 is 0.750 bits per heavy atom. The minimum absolute atomic E-state index is 0. The average molecular weight is 414 g/mol. The Bertz CT molecular complexity index is 477. The van der Waals surface area contributed by atoms with Gasteiger partial charge in [0.05, 0.1) is 7.11 Å². The predicted octanol–water partition coefficient (Wildman–Crippen LogP) is 4.00. The van der Waals surface area contributed by atoms with Crippen LogP contribution < -0.4 is 12.4 Å². The van der Waals surface area contributed by atoms with E-state index in [1.54, 1.807) is 7.11 Å². The van der Waals surface area contributed by atoms with E-state index in [0.717, 1.165) is 32.5 Å². The van der Waals surface area contributed by atoms with Crippen LogP contribution in [0.2, 0.25) is 0 Å². The van der Waals surface area contributed by atoms with E-state index in [9.17, 15) is 0 Å². The van der Waals surface area contributed by atoms with Gasteiger partial charge in [0.2, 0.25) is 0 Å². The van der Waals surface area contributed by atoms with Crippen molar-refractivity contribution in [3.05, 3.63) is 35.4 Å². The fraction of sp³-hybridized carbons (Fsp3) is 0.750. The zero-order chi connectivity index (χ0) is 19.8. The molecule has 1 unspecified atom stereocenters. The van der Waals surface area contributed by atoms with E-state index >= 15 is 0 Å². The summed E-state index contributed by atoms with van der Waals surface area (Å²) in [5.41, 5.74) is 2.71. The molecule has 4 heteroatoms. The Morgan fingerprint density at radius 3 is 1.79 bits per heavy atom. The first-order valence-electron chi connectivity index (χ1n) is 11.4. The lowest BCUT2D eigenvalue weighted by molar-refractivity contribution is -1.25. The third-order valence-corrected chi connectivity index (χ3v) is 5.55. The van der Waals surface area contributed by atoms with Crippen molar-refractivity contribution in [2.75, 3.05) is 20.3 Å². The van der Waals surface area contributed by atoms with Crippen LogP contribution in [0.3, 0.4) is 0 Å². The summed E-state index contributed by atoms with van der Waals surface area (Å²) in [6.07, 6.45) is 14.5. The van der Waals surface area contributed by atoms with Gasteiger partial charge in [0.1, 0.15) is 13.2 Å². The Labute approximate surface area is 180 Å². The van der Waals surface area contributed by atoms with Crippen molar-refractivity contribution in [1.82, 2.24) is 0 Å². The van der Waals surface area contributed by atoms with Crippen LogP contribution in [0.5, 0.6) is 0 Å². The van der Waals surface area contributed by atoms with Crippen LogP contribution in [0.25, 0.3) is 0 Å². The maximum atomic E-state index is 6.22. The van der Waals surface area contributed by atoms with E-state index in [1.165, 1.54) is 68.9 Å². The second-order valence-electron chi connectivity index (χ2n) is 7.61. The molecule has 0 heterocycles. The molecule has 1 aromatic carbocycles. The molecule has 0 aliphatic carbocycles. The zero-order valence-electron chi connectivity index (χ0n) is 18.9. The highest BCUT2D eigenvalue weighted by molar-refractivity contribution is 5.26. The lowest BCUT2D eigenvalue weighted by Gasteiger charge is -2.31. The minimum Gasteiger partial charge on any atom is -1.00 e. The molecule has 0 saturated carbocycles. The minimum atomic E-state index is 0. The van der Waals surface area contributed by atoms with Gasteiger partial charge in [-0.05, 0) is 30.1 Å². The monoisotopic (exact) mass is 413 g/mol. The van der Waals surface area contributed by atoms with Crippen molar-refractivity contribution < 1.29 is 26.9 Å². The van der Waals surface area contributed by atoms with Gasteiger partial charge in [0.25, 0.3) is 0 Å². The van der Waals surface area contributed by atoms with Gasteiger partial charge in [-0.3, -0.25) is 0 Å². The van der Waals surface area contributed by atoms with Crippen LogP contribution in [0.1, 0.15) is 96.1 Å². The van der Waals surface area contributed by atoms with Crippen LogP contribution in [0.15, 0.2) is 24.3 Å². The molecule has 0 bridgehead atoms. The molecule has 1 atom stereocenters. The SMILES string of the molecule is CCCCCCCCCCCCO[N+](CC)(Cc1ccccc1CC)OC.[Cl-]. The first-order chi connectivity index (χ1) is 13.2. The average Bonchev–Trinajstić information content (AvgIpc) is 2.71. The molecule has 0 N–H and O–H groups in total. The fourth-order valence-electron chi connectivity index (χ4n) is 3.63. The van der Waals surface area contributed by atoms with Crippen LogP contribution >= 0.6 is 0 Å². The highest BCUT2D eigenvalue weighted by Crippen LogP contribution is 2.20. The first-order valence-corrected chi connectivity index (χ1v) is 11.4. The molecule has 0 aliphatic heterocycles. The van der Waals surface area contributed by atoms with Crippen molar-refractivity contribution >= 4 is 0 Å². The Balaban J connectivity index is 0.00000729. The lowest BCUT2D eigenvalue weighted by atomic mass is 10.1. The number of hydrogen-bond donors (Lipinski definition) is 0. The topological polar surface area (TPSA) is 18.5 Å². The smallest absolute Gasteiger partial charge is 0.168 e. The van der Waals surface area contributed by atoms with E-state index < -0.39 is 0 Å². The summed E-state index contributed by atoms with van der Waals surface area (Å²) in [4.78, 5) is 12.3. The maximum absolute atomic E-state index is 6.22. The highest BCUT2D eigenvalue weighted by atomic mass is 35.5. The van der Waals surface area contributed by atoms with Crippen molar-refractivity contribution in [3.8, 4) is 0 Å². The molecule has 0 amide bonds. The number of hydroxylamine groups is 4. The van der Waals surface area contributed by atoms with Gasteiger partial charge < -0.3 is 12.4 Å².